The molecule has 1 aliphatic rings. The Morgan fingerprint density at radius 3 is 2.28 bits per heavy atom. The number of ether oxygens (including phenoxy) is 1. The topological polar surface area (TPSA) is 66.8 Å². The van der Waals surface area contributed by atoms with Gasteiger partial charge in [0.05, 0.1) is 18.7 Å². The van der Waals surface area contributed by atoms with Gasteiger partial charge in [-0.3, -0.25) is 14.5 Å². The van der Waals surface area contributed by atoms with E-state index in [1.807, 2.05) is 69.3 Å². The quantitative estimate of drug-likeness (QED) is 0.351. The first-order valence-electron chi connectivity index (χ1n) is 10.4. The number of hydrogen-bond donors (Lipinski definition) is 1. The number of Topliss-reactive ketones (excluding diaryl/α,β-unsaturated/α-hetero) is 1. The van der Waals surface area contributed by atoms with Crippen LogP contribution in [0.15, 0.2) is 72.3 Å². The first-order valence-corrected chi connectivity index (χ1v) is 10.4. The number of benzene rings is 3. The van der Waals surface area contributed by atoms with Crippen LogP contribution in [0.3, 0.4) is 0 Å². The van der Waals surface area contributed by atoms with Crippen LogP contribution in [0.25, 0.3) is 5.76 Å². The zero-order valence-corrected chi connectivity index (χ0v) is 18.5. The summed E-state index contributed by atoms with van der Waals surface area (Å²) in [6, 6.07) is 19.6. The van der Waals surface area contributed by atoms with Gasteiger partial charge in [0, 0.05) is 11.3 Å². The SMILES string of the molecule is COc1ccc(/C(O)=C2/C(=O)C(=O)N(c3cc(C)ccc3C)C2c2ccccc2)c(C)c1. The van der Waals surface area contributed by atoms with Crippen LogP contribution in [0.2, 0.25) is 0 Å². The lowest BCUT2D eigenvalue weighted by molar-refractivity contribution is -0.132. The van der Waals surface area contributed by atoms with Crippen LogP contribution in [0.5, 0.6) is 5.75 Å². The summed E-state index contributed by atoms with van der Waals surface area (Å²) in [6.07, 6.45) is 0. The molecule has 0 spiro atoms. The number of carbonyl (C=O) groups is 2. The molecule has 32 heavy (non-hydrogen) atoms. The van der Waals surface area contributed by atoms with Gasteiger partial charge >= 0.3 is 0 Å². The summed E-state index contributed by atoms with van der Waals surface area (Å²) >= 11 is 0. The second-order valence-electron chi connectivity index (χ2n) is 8.05. The summed E-state index contributed by atoms with van der Waals surface area (Å²) in [7, 11) is 1.57. The van der Waals surface area contributed by atoms with Gasteiger partial charge in [-0.15, -0.1) is 0 Å². The van der Waals surface area contributed by atoms with Crippen molar-refractivity contribution in [2.45, 2.75) is 26.8 Å². The molecule has 1 N–H and O–H groups in total. The molecule has 0 aliphatic carbocycles. The van der Waals surface area contributed by atoms with Crippen molar-refractivity contribution in [3.8, 4) is 5.75 Å². The van der Waals surface area contributed by atoms with Crippen LogP contribution in [0, 0.1) is 20.8 Å². The molecule has 0 saturated carbocycles. The number of hydrogen-bond acceptors (Lipinski definition) is 4. The maximum Gasteiger partial charge on any atom is 0.300 e. The molecule has 3 aromatic rings. The van der Waals surface area contributed by atoms with Gasteiger partial charge in [-0.1, -0.05) is 42.5 Å². The minimum atomic E-state index is -0.738. The van der Waals surface area contributed by atoms with Gasteiger partial charge in [0.1, 0.15) is 11.5 Å². The van der Waals surface area contributed by atoms with Crippen molar-refractivity contribution in [2.75, 3.05) is 12.0 Å². The van der Waals surface area contributed by atoms with E-state index < -0.39 is 17.7 Å². The molecular formula is C27H25NO4. The number of anilines is 1. The molecule has 0 bridgehead atoms. The summed E-state index contributed by atoms with van der Waals surface area (Å²) < 4.78 is 5.26. The van der Waals surface area contributed by atoms with E-state index in [0.717, 1.165) is 22.3 Å². The number of aliphatic hydroxyl groups is 1. The number of ketones is 1. The molecule has 1 saturated heterocycles. The molecule has 5 nitrogen and oxygen atoms in total. The molecule has 3 aromatic carbocycles. The van der Waals surface area contributed by atoms with Crippen LogP contribution < -0.4 is 9.64 Å². The predicted molar refractivity (Wildman–Crippen MR) is 125 cm³/mol. The van der Waals surface area contributed by atoms with Gasteiger partial charge in [-0.05, 0) is 67.3 Å². The molecule has 1 amide bonds. The van der Waals surface area contributed by atoms with Crippen LogP contribution in [0.1, 0.15) is 33.9 Å². The third kappa shape index (κ3) is 3.56. The third-order valence-electron chi connectivity index (χ3n) is 5.87. The zero-order valence-electron chi connectivity index (χ0n) is 18.5. The highest BCUT2D eigenvalue weighted by molar-refractivity contribution is 6.51. The van der Waals surface area contributed by atoms with Crippen molar-refractivity contribution in [1.82, 2.24) is 0 Å². The number of carbonyl (C=O) groups excluding carboxylic acids is 2. The maximum atomic E-state index is 13.3. The van der Waals surface area contributed by atoms with Crippen molar-refractivity contribution in [1.29, 1.82) is 0 Å². The molecule has 1 aliphatic heterocycles. The van der Waals surface area contributed by atoms with E-state index in [4.69, 9.17) is 4.74 Å². The van der Waals surface area contributed by atoms with E-state index >= 15 is 0 Å². The first-order chi connectivity index (χ1) is 15.3. The number of methoxy groups -OCH3 is 1. The summed E-state index contributed by atoms with van der Waals surface area (Å²) in [5.74, 6) is -0.896. The van der Waals surface area contributed by atoms with Crippen molar-refractivity contribution >= 4 is 23.1 Å². The largest absolute Gasteiger partial charge is 0.507 e. The Hall–Kier alpha value is -3.86. The van der Waals surface area contributed by atoms with Gasteiger partial charge < -0.3 is 9.84 Å². The molecule has 4 rings (SSSR count). The Bertz CT molecular complexity index is 1240. The Kier molecular flexibility index (Phi) is 5.57. The standard InChI is InChI=1S/C27H25NO4/c1-16-10-11-17(2)22(14-16)28-24(19-8-6-5-7-9-19)23(26(30)27(28)31)25(29)21-13-12-20(32-4)15-18(21)3/h5-15,24,29H,1-4H3/b25-23-. The third-order valence-corrected chi connectivity index (χ3v) is 5.87. The van der Waals surface area contributed by atoms with E-state index in [1.54, 1.807) is 25.3 Å². The molecular weight excluding hydrogens is 402 g/mol. The number of amides is 1. The monoisotopic (exact) mass is 427 g/mol. The van der Waals surface area contributed by atoms with E-state index in [2.05, 4.69) is 0 Å². The minimum Gasteiger partial charge on any atom is -0.507 e. The molecule has 1 unspecified atom stereocenters. The van der Waals surface area contributed by atoms with Crippen molar-refractivity contribution < 1.29 is 19.4 Å². The Morgan fingerprint density at radius 2 is 1.62 bits per heavy atom. The number of rotatable bonds is 4. The van der Waals surface area contributed by atoms with Gasteiger partial charge in [-0.2, -0.15) is 0 Å². The second-order valence-corrected chi connectivity index (χ2v) is 8.05. The molecule has 1 heterocycles. The minimum absolute atomic E-state index is 0.0790. The fraction of sp³-hybridized carbons (Fsp3) is 0.185. The molecule has 0 aromatic heterocycles. The average Bonchev–Trinajstić information content (AvgIpc) is 3.06. The Labute approximate surface area is 187 Å². The second kappa shape index (κ2) is 8.35. The highest BCUT2D eigenvalue weighted by Crippen LogP contribution is 2.43. The highest BCUT2D eigenvalue weighted by Gasteiger charge is 2.47. The van der Waals surface area contributed by atoms with Crippen molar-refractivity contribution in [3.05, 3.63) is 100 Å². The fourth-order valence-corrected chi connectivity index (χ4v) is 4.18. The summed E-state index contributed by atoms with van der Waals surface area (Å²) in [5, 5.41) is 11.3. The van der Waals surface area contributed by atoms with Crippen LogP contribution in [0.4, 0.5) is 5.69 Å². The van der Waals surface area contributed by atoms with E-state index in [9.17, 15) is 14.7 Å². The molecule has 1 fully saturated rings. The van der Waals surface area contributed by atoms with E-state index in [-0.39, 0.29) is 11.3 Å². The number of aliphatic hydroxyl groups excluding tert-OH is 1. The Morgan fingerprint density at radius 1 is 0.906 bits per heavy atom. The van der Waals surface area contributed by atoms with Gasteiger partial charge in [0.25, 0.3) is 11.7 Å². The molecule has 1 atom stereocenters. The van der Waals surface area contributed by atoms with Crippen molar-refractivity contribution in [2.24, 2.45) is 0 Å². The number of aryl methyl sites for hydroxylation is 3. The summed E-state index contributed by atoms with van der Waals surface area (Å²) in [4.78, 5) is 28.1. The molecule has 0 radical (unpaired) electrons. The van der Waals surface area contributed by atoms with E-state index in [0.29, 0.717) is 17.0 Å². The van der Waals surface area contributed by atoms with Crippen LogP contribution in [-0.4, -0.2) is 23.9 Å². The summed E-state index contributed by atoms with van der Waals surface area (Å²) in [5.41, 5.74) is 4.57. The lowest BCUT2D eigenvalue weighted by Gasteiger charge is -2.27. The fourth-order valence-electron chi connectivity index (χ4n) is 4.18. The van der Waals surface area contributed by atoms with Gasteiger partial charge in [-0.25, -0.2) is 0 Å². The highest BCUT2D eigenvalue weighted by atomic mass is 16.5. The lowest BCUT2D eigenvalue weighted by atomic mass is 9.93. The van der Waals surface area contributed by atoms with Gasteiger partial charge in [0.2, 0.25) is 0 Å². The van der Waals surface area contributed by atoms with Crippen LogP contribution in [-0.2, 0) is 9.59 Å². The van der Waals surface area contributed by atoms with Crippen molar-refractivity contribution in [3.63, 3.8) is 0 Å². The number of nitrogens with zero attached hydrogens (tertiary/aromatic N) is 1. The van der Waals surface area contributed by atoms with Gasteiger partial charge in [0.15, 0.2) is 0 Å². The first kappa shape index (κ1) is 21.4. The summed E-state index contributed by atoms with van der Waals surface area (Å²) in [6.45, 7) is 5.68. The normalized spacial score (nSPS) is 17.6. The maximum absolute atomic E-state index is 13.3. The van der Waals surface area contributed by atoms with Crippen LogP contribution >= 0.6 is 0 Å². The predicted octanol–water partition coefficient (Wildman–Crippen LogP) is 5.25. The average molecular weight is 428 g/mol. The van der Waals surface area contributed by atoms with E-state index in [1.165, 1.54) is 4.90 Å². The Balaban J connectivity index is 1.97. The zero-order chi connectivity index (χ0) is 23.0. The molecule has 162 valence electrons. The molecule has 5 heteroatoms. The lowest BCUT2D eigenvalue weighted by Crippen LogP contribution is -2.30. The smallest absolute Gasteiger partial charge is 0.300 e.